The van der Waals surface area contributed by atoms with Gasteiger partial charge in [0.05, 0.1) is 4.90 Å². The lowest BCUT2D eigenvalue weighted by atomic mass is 9.95. The van der Waals surface area contributed by atoms with E-state index >= 15 is 0 Å². The zero-order valence-electron chi connectivity index (χ0n) is 16.9. The lowest BCUT2D eigenvalue weighted by molar-refractivity contribution is -0.124. The van der Waals surface area contributed by atoms with Crippen LogP contribution in [0.2, 0.25) is 0 Å². The van der Waals surface area contributed by atoms with Crippen LogP contribution in [0.5, 0.6) is 5.75 Å². The van der Waals surface area contributed by atoms with Crippen molar-refractivity contribution in [2.45, 2.75) is 56.9 Å². The van der Waals surface area contributed by atoms with Crippen molar-refractivity contribution in [1.29, 1.82) is 0 Å². The average Bonchev–Trinajstić information content (AvgIpc) is 2.70. The Hall–Kier alpha value is -2.54. The third-order valence-electron chi connectivity index (χ3n) is 5.23. The number of benzene rings is 2. The van der Waals surface area contributed by atoms with E-state index in [1.54, 1.807) is 24.3 Å². The second kappa shape index (κ2) is 9.31. The van der Waals surface area contributed by atoms with Gasteiger partial charge >= 0.3 is 0 Å². The lowest BCUT2D eigenvalue weighted by Crippen LogP contribution is -2.38. The molecule has 1 aliphatic carbocycles. The van der Waals surface area contributed by atoms with E-state index in [9.17, 15) is 13.2 Å². The summed E-state index contributed by atoms with van der Waals surface area (Å²) in [6.07, 6.45) is 5.57. The molecule has 0 aliphatic heterocycles. The van der Waals surface area contributed by atoms with E-state index in [4.69, 9.17) is 4.74 Å². The maximum atomic E-state index is 12.6. The first kappa shape index (κ1) is 21.2. The highest BCUT2D eigenvalue weighted by molar-refractivity contribution is 7.92. The van der Waals surface area contributed by atoms with Gasteiger partial charge in [-0.15, -0.1) is 0 Å². The molecule has 0 heterocycles. The molecule has 0 atom stereocenters. The van der Waals surface area contributed by atoms with Crippen LogP contribution < -0.4 is 14.8 Å². The Bertz CT molecular complexity index is 949. The highest BCUT2D eigenvalue weighted by Crippen LogP contribution is 2.21. The third-order valence-corrected chi connectivity index (χ3v) is 6.63. The van der Waals surface area contributed by atoms with Crippen LogP contribution in [0.4, 0.5) is 5.69 Å². The van der Waals surface area contributed by atoms with Gasteiger partial charge < -0.3 is 10.1 Å². The van der Waals surface area contributed by atoms with E-state index in [-0.39, 0.29) is 23.5 Å². The largest absolute Gasteiger partial charge is 0.484 e. The second-order valence-electron chi connectivity index (χ2n) is 7.57. The van der Waals surface area contributed by atoms with Gasteiger partial charge in [0.1, 0.15) is 5.75 Å². The molecule has 1 fully saturated rings. The highest BCUT2D eigenvalue weighted by atomic mass is 32.2. The van der Waals surface area contributed by atoms with Gasteiger partial charge in [0.15, 0.2) is 6.61 Å². The van der Waals surface area contributed by atoms with Crippen molar-refractivity contribution >= 4 is 21.6 Å². The Kier molecular flexibility index (Phi) is 6.79. The first-order valence-corrected chi connectivity index (χ1v) is 11.4. The van der Waals surface area contributed by atoms with Crippen molar-refractivity contribution in [1.82, 2.24) is 5.32 Å². The monoisotopic (exact) mass is 416 g/mol. The number of nitrogens with one attached hydrogen (secondary N) is 2. The number of carbonyl (C=O) groups excluding carboxylic acids is 1. The zero-order chi connectivity index (χ0) is 20.9. The number of anilines is 1. The van der Waals surface area contributed by atoms with Crippen LogP contribution in [0.25, 0.3) is 0 Å². The molecule has 0 unspecified atom stereocenters. The minimum atomic E-state index is -3.70. The molecule has 2 N–H and O–H groups in total. The summed E-state index contributed by atoms with van der Waals surface area (Å²) in [5.74, 6) is 0.305. The minimum absolute atomic E-state index is 0.0799. The quantitative estimate of drug-likeness (QED) is 0.716. The van der Waals surface area contributed by atoms with Gasteiger partial charge in [-0.05, 0) is 74.2 Å². The highest BCUT2D eigenvalue weighted by Gasteiger charge is 2.17. The van der Waals surface area contributed by atoms with Crippen LogP contribution in [0, 0.1) is 13.8 Å². The number of carbonyl (C=O) groups is 1. The van der Waals surface area contributed by atoms with E-state index in [1.807, 2.05) is 19.9 Å². The van der Waals surface area contributed by atoms with Crippen LogP contribution in [-0.4, -0.2) is 27.0 Å². The van der Waals surface area contributed by atoms with E-state index in [0.717, 1.165) is 36.8 Å². The maximum Gasteiger partial charge on any atom is 0.261 e. The van der Waals surface area contributed by atoms with E-state index in [2.05, 4.69) is 10.0 Å². The molecular weight excluding hydrogens is 388 g/mol. The topological polar surface area (TPSA) is 84.5 Å². The average molecular weight is 417 g/mol. The number of aryl methyl sites for hydroxylation is 2. The summed E-state index contributed by atoms with van der Waals surface area (Å²) >= 11 is 0. The number of hydrogen-bond acceptors (Lipinski definition) is 4. The standard InChI is InChI=1S/C22H28N2O4S/c1-16-8-9-19(14-17(16)2)24-29(26,27)21-12-10-20(11-13-21)28-15-22(25)23-18-6-4-3-5-7-18/h8-14,18,24H,3-7,15H2,1-2H3,(H,23,25). The molecule has 1 aliphatic rings. The summed E-state index contributed by atoms with van der Waals surface area (Å²) in [4.78, 5) is 12.2. The number of ether oxygens (including phenoxy) is 1. The van der Waals surface area contributed by atoms with Crippen molar-refractivity contribution in [2.75, 3.05) is 11.3 Å². The van der Waals surface area contributed by atoms with Gasteiger partial charge in [-0.1, -0.05) is 25.3 Å². The molecule has 156 valence electrons. The van der Waals surface area contributed by atoms with Crippen LogP contribution in [0.1, 0.15) is 43.2 Å². The zero-order valence-corrected chi connectivity index (χ0v) is 17.7. The molecule has 7 heteroatoms. The summed E-state index contributed by atoms with van der Waals surface area (Å²) in [5, 5.41) is 2.99. The predicted molar refractivity (Wildman–Crippen MR) is 114 cm³/mol. The van der Waals surface area contributed by atoms with Gasteiger partial charge in [-0.3, -0.25) is 9.52 Å². The molecule has 0 aromatic heterocycles. The van der Waals surface area contributed by atoms with Crippen LogP contribution in [0.15, 0.2) is 47.4 Å². The van der Waals surface area contributed by atoms with Crippen molar-refractivity contribution < 1.29 is 17.9 Å². The van der Waals surface area contributed by atoms with E-state index in [0.29, 0.717) is 11.4 Å². The van der Waals surface area contributed by atoms with Crippen molar-refractivity contribution in [3.8, 4) is 5.75 Å². The van der Waals surface area contributed by atoms with Gasteiger partial charge in [-0.2, -0.15) is 0 Å². The van der Waals surface area contributed by atoms with Gasteiger partial charge in [0, 0.05) is 11.7 Å². The summed E-state index contributed by atoms with van der Waals surface area (Å²) in [6, 6.07) is 11.7. The Balaban J connectivity index is 1.55. The number of rotatable bonds is 7. The number of amides is 1. The van der Waals surface area contributed by atoms with Crippen LogP contribution in [0.3, 0.4) is 0 Å². The van der Waals surface area contributed by atoms with Crippen molar-refractivity contribution in [3.05, 3.63) is 53.6 Å². The molecule has 1 saturated carbocycles. The SMILES string of the molecule is Cc1ccc(NS(=O)(=O)c2ccc(OCC(=O)NC3CCCCC3)cc2)cc1C. The normalized spacial score (nSPS) is 15.0. The molecular formula is C22H28N2O4S. The first-order valence-electron chi connectivity index (χ1n) is 9.96. The fraction of sp³-hybridized carbons (Fsp3) is 0.409. The molecule has 0 radical (unpaired) electrons. The molecule has 3 rings (SSSR count). The Morgan fingerprint density at radius 1 is 1.00 bits per heavy atom. The molecule has 0 spiro atoms. The van der Waals surface area contributed by atoms with Gasteiger partial charge in [-0.25, -0.2) is 8.42 Å². The van der Waals surface area contributed by atoms with E-state index in [1.165, 1.54) is 18.6 Å². The third kappa shape index (κ3) is 5.97. The summed E-state index contributed by atoms with van der Waals surface area (Å²) in [7, 11) is -3.70. The predicted octanol–water partition coefficient (Wildman–Crippen LogP) is 3.93. The Labute approximate surface area is 172 Å². The Morgan fingerprint density at radius 3 is 2.34 bits per heavy atom. The van der Waals surface area contributed by atoms with E-state index < -0.39 is 10.0 Å². The van der Waals surface area contributed by atoms with Gasteiger partial charge in [0.25, 0.3) is 15.9 Å². The summed E-state index contributed by atoms with van der Waals surface area (Å²) in [5.41, 5.74) is 2.63. The molecule has 6 nitrogen and oxygen atoms in total. The lowest BCUT2D eigenvalue weighted by Gasteiger charge is -2.22. The fourth-order valence-electron chi connectivity index (χ4n) is 3.40. The molecule has 0 bridgehead atoms. The van der Waals surface area contributed by atoms with Gasteiger partial charge in [0.2, 0.25) is 0 Å². The first-order chi connectivity index (χ1) is 13.8. The minimum Gasteiger partial charge on any atom is -0.484 e. The Morgan fingerprint density at radius 2 is 1.69 bits per heavy atom. The molecule has 0 saturated heterocycles. The van der Waals surface area contributed by atoms with Crippen molar-refractivity contribution in [3.63, 3.8) is 0 Å². The maximum absolute atomic E-state index is 12.6. The number of sulfonamides is 1. The molecule has 2 aromatic rings. The van der Waals surface area contributed by atoms with Crippen molar-refractivity contribution in [2.24, 2.45) is 0 Å². The summed E-state index contributed by atoms with van der Waals surface area (Å²) in [6.45, 7) is 3.83. The fourth-order valence-corrected chi connectivity index (χ4v) is 4.45. The molecule has 1 amide bonds. The molecule has 29 heavy (non-hydrogen) atoms. The van der Waals surface area contributed by atoms with Crippen LogP contribution in [-0.2, 0) is 14.8 Å². The number of hydrogen-bond donors (Lipinski definition) is 2. The second-order valence-corrected chi connectivity index (χ2v) is 9.25. The smallest absolute Gasteiger partial charge is 0.261 e. The molecule has 2 aromatic carbocycles. The summed E-state index contributed by atoms with van der Waals surface area (Å²) < 4.78 is 33.2. The van der Waals surface area contributed by atoms with Crippen LogP contribution >= 0.6 is 0 Å².